The monoisotopic (exact) mass is 266 g/mol. The molecule has 1 aromatic carbocycles. The molecular weight excluding hydrogens is 244 g/mol. The van der Waals surface area contributed by atoms with Crippen molar-refractivity contribution in [2.45, 2.75) is 43.4 Å². The molecule has 3 nitrogen and oxygen atoms in total. The molecule has 0 saturated heterocycles. The minimum absolute atomic E-state index is 0.0144. The number of nitrogens with one attached hydrogen (secondary N) is 1. The Hall–Kier alpha value is -1.00. The van der Waals surface area contributed by atoms with Gasteiger partial charge < -0.3 is 11.1 Å². The van der Waals surface area contributed by atoms with Crippen molar-refractivity contribution in [2.75, 3.05) is 6.54 Å². The lowest BCUT2D eigenvalue weighted by molar-refractivity contribution is 0.0950. The standard InChI is InChI=1S/C14H22N2OS/c1-10(2)18-13-7-5-4-6-12(13)14(17)16-9-8-11(3)15/h4-7,10-11H,8-9,15H2,1-3H3,(H,16,17). The number of benzene rings is 1. The van der Waals surface area contributed by atoms with E-state index in [0.717, 1.165) is 16.9 Å². The van der Waals surface area contributed by atoms with Gasteiger partial charge in [-0.15, -0.1) is 11.8 Å². The fourth-order valence-corrected chi connectivity index (χ4v) is 2.47. The van der Waals surface area contributed by atoms with Crippen LogP contribution < -0.4 is 11.1 Å². The van der Waals surface area contributed by atoms with Gasteiger partial charge in [0.1, 0.15) is 0 Å². The Morgan fingerprint density at radius 3 is 2.61 bits per heavy atom. The molecule has 18 heavy (non-hydrogen) atoms. The molecule has 1 atom stereocenters. The molecule has 1 amide bonds. The lowest BCUT2D eigenvalue weighted by Gasteiger charge is -2.12. The van der Waals surface area contributed by atoms with Gasteiger partial charge in [-0.05, 0) is 25.5 Å². The zero-order chi connectivity index (χ0) is 13.5. The first-order chi connectivity index (χ1) is 8.50. The molecule has 0 radical (unpaired) electrons. The third-order valence-corrected chi connectivity index (χ3v) is 3.46. The van der Waals surface area contributed by atoms with E-state index >= 15 is 0 Å². The summed E-state index contributed by atoms with van der Waals surface area (Å²) in [6.07, 6.45) is 0.797. The molecule has 0 saturated carbocycles. The maximum absolute atomic E-state index is 12.1. The Bertz CT molecular complexity index is 391. The Labute approximate surface area is 114 Å². The molecule has 0 aromatic heterocycles. The van der Waals surface area contributed by atoms with Gasteiger partial charge in [-0.25, -0.2) is 0 Å². The fourth-order valence-electron chi connectivity index (χ4n) is 1.52. The molecule has 1 unspecified atom stereocenters. The van der Waals surface area contributed by atoms with Gasteiger partial charge in [-0.3, -0.25) is 4.79 Å². The van der Waals surface area contributed by atoms with E-state index < -0.39 is 0 Å². The highest BCUT2D eigenvalue weighted by molar-refractivity contribution is 8.00. The van der Waals surface area contributed by atoms with Crippen LogP contribution in [0.3, 0.4) is 0 Å². The van der Waals surface area contributed by atoms with Gasteiger partial charge in [0, 0.05) is 22.7 Å². The quantitative estimate of drug-likeness (QED) is 0.778. The maximum atomic E-state index is 12.1. The highest BCUT2D eigenvalue weighted by atomic mass is 32.2. The van der Waals surface area contributed by atoms with Gasteiger partial charge in [-0.1, -0.05) is 26.0 Å². The largest absolute Gasteiger partial charge is 0.352 e. The molecule has 1 aromatic rings. The molecule has 0 bridgehead atoms. The van der Waals surface area contributed by atoms with E-state index in [9.17, 15) is 4.79 Å². The van der Waals surface area contributed by atoms with Gasteiger partial charge in [0.25, 0.3) is 5.91 Å². The third kappa shape index (κ3) is 5.10. The van der Waals surface area contributed by atoms with Crippen molar-refractivity contribution in [2.24, 2.45) is 5.73 Å². The van der Waals surface area contributed by atoms with Crippen molar-refractivity contribution in [1.82, 2.24) is 5.32 Å². The first-order valence-corrected chi connectivity index (χ1v) is 7.18. The summed E-state index contributed by atoms with van der Waals surface area (Å²) in [4.78, 5) is 13.1. The van der Waals surface area contributed by atoms with Crippen molar-refractivity contribution in [3.05, 3.63) is 29.8 Å². The van der Waals surface area contributed by atoms with Crippen molar-refractivity contribution in [1.29, 1.82) is 0 Å². The van der Waals surface area contributed by atoms with E-state index in [0.29, 0.717) is 11.8 Å². The molecule has 100 valence electrons. The van der Waals surface area contributed by atoms with Crippen LogP contribution in [0, 0.1) is 0 Å². The van der Waals surface area contributed by atoms with Crippen molar-refractivity contribution in [3.8, 4) is 0 Å². The van der Waals surface area contributed by atoms with Crippen LogP contribution in [0.1, 0.15) is 37.6 Å². The van der Waals surface area contributed by atoms with Crippen LogP contribution in [0.25, 0.3) is 0 Å². The number of carbonyl (C=O) groups is 1. The molecule has 4 heteroatoms. The van der Waals surface area contributed by atoms with Crippen LogP contribution in [0.2, 0.25) is 0 Å². The summed E-state index contributed by atoms with van der Waals surface area (Å²) in [5.41, 5.74) is 6.41. The van der Waals surface area contributed by atoms with Crippen LogP contribution in [0.15, 0.2) is 29.2 Å². The zero-order valence-electron chi connectivity index (χ0n) is 11.3. The van der Waals surface area contributed by atoms with Gasteiger partial charge in [0.15, 0.2) is 0 Å². The Morgan fingerprint density at radius 2 is 2.00 bits per heavy atom. The highest BCUT2D eigenvalue weighted by Gasteiger charge is 2.11. The summed E-state index contributed by atoms with van der Waals surface area (Å²) in [6, 6.07) is 7.83. The number of thioether (sulfide) groups is 1. The van der Waals surface area contributed by atoms with Gasteiger partial charge in [0.05, 0.1) is 5.56 Å². The van der Waals surface area contributed by atoms with E-state index in [2.05, 4.69) is 19.2 Å². The lowest BCUT2D eigenvalue weighted by atomic mass is 10.2. The molecule has 0 aliphatic heterocycles. The van der Waals surface area contributed by atoms with Crippen LogP contribution >= 0.6 is 11.8 Å². The Balaban J connectivity index is 2.66. The average molecular weight is 266 g/mol. The maximum Gasteiger partial charge on any atom is 0.252 e. The van der Waals surface area contributed by atoms with Crippen LogP contribution in [-0.2, 0) is 0 Å². The van der Waals surface area contributed by atoms with Crippen LogP contribution in [-0.4, -0.2) is 23.7 Å². The summed E-state index contributed by atoms with van der Waals surface area (Å²) < 4.78 is 0. The predicted molar refractivity (Wildman–Crippen MR) is 78.0 cm³/mol. The molecule has 0 aliphatic rings. The molecule has 0 heterocycles. The van der Waals surface area contributed by atoms with Crippen molar-refractivity contribution in [3.63, 3.8) is 0 Å². The van der Waals surface area contributed by atoms with Gasteiger partial charge in [-0.2, -0.15) is 0 Å². The lowest BCUT2D eigenvalue weighted by Crippen LogP contribution is -2.29. The number of amides is 1. The normalized spacial score (nSPS) is 12.5. The first kappa shape index (κ1) is 15.1. The predicted octanol–water partition coefficient (Wildman–Crippen LogP) is 2.65. The van der Waals surface area contributed by atoms with E-state index in [1.54, 1.807) is 11.8 Å². The second kappa shape index (κ2) is 7.44. The minimum Gasteiger partial charge on any atom is -0.352 e. The van der Waals surface area contributed by atoms with Crippen LogP contribution in [0.5, 0.6) is 0 Å². The van der Waals surface area contributed by atoms with E-state index in [4.69, 9.17) is 5.73 Å². The summed E-state index contributed by atoms with van der Waals surface area (Å²) in [7, 11) is 0. The van der Waals surface area contributed by atoms with Crippen molar-refractivity contribution >= 4 is 17.7 Å². The molecule has 3 N–H and O–H groups in total. The molecule has 0 aliphatic carbocycles. The highest BCUT2D eigenvalue weighted by Crippen LogP contribution is 2.26. The minimum atomic E-state index is -0.0144. The third-order valence-electron chi connectivity index (χ3n) is 2.38. The number of carbonyl (C=O) groups excluding carboxylic acids is 1. The molecule has 0 fully saturated rings. The van der Waals surface area contributed by atoms with E-state index in [-0.39, 0.29) is 11.9 Å². The number of hydrogen-bond acceptors (Lipinski definition) is 3. The SMILES string of the molecule is CC(N)CCNC(=O)c1ccccc1SC(C)C. The van der Waals surface area contributed by atoms with Gasteiger partial charge >= 0.3 is 0 Å². The molecule has 1 rings (SSSR count). The second-order valence-corrected chi connectivity index (χ2v) is 6.30. The average Bonchev–Trinajstić information content (AvgIpc) is 2.28. The topological polar surface area (TPSA) is 55.1 Å². The summed E-state index contributed by atoms with van der Waals surface area (Å²) >= 11 is 1.71. The molecular formula is C14H22N2OS. The van der Waals surface area contributed by atoms with Gasteiger partial charge in [0.2, 0.25) is 0 Å². The zero-order valence-corrected chi connectivity index (χ0v) is 12.1. The van der Waals surface area contributed by atoms with E-state index in [1.165, 1.54) is 0 Å². The Morgan fingerprint density at radius 1 is 1.33 bits per heavy atom. The number of hydrogen-bond donors (Lipinski definition) is 2. The van der Waals surface area contributed by atoms with Crippen molar-refractivity contribution < 1.29 is 4.79 Å². The smallest absolute Gasteiger partial charge is 0.252 e. The summed E-state index contributed by atoms with van der Waals surface area (Å²) in [5.74, 6) is -0.0144. The number of rotatable bonds is 6. The second-order valence-electron chi connectivity index (χ2n) is 4.68. The van der Waals surface area contributed by atoms with Crippen LogP contribution in [0.4, 0.5) is 0 Å². The first-order valence-electron chi connectivity index (χ1n) is 6.30. The number of nitrogens with two attached hydrogens (primary N) is 1. The Kier molecular flexibility index (Phi) is 6.22. The summed E-state index contributed by atoms with van der Waals surface area (Å²) in [6.45, 7) is 6.80. The summed E-state index contributed by atoms with van der Waals surface area (Å²) in [5, 5.41) is 3.37. The van der Waals surface area contributed by atoms with E-state index in [1.807, 2.05) is 31.2 Å². The molecule has 0 spiro atoms. The fraction of sp³-hybridized carbons (Fsp3) is 0.500.